The maximum absolute atomic E-state index is 11.7. The normalized spacial score (nSPS) is 21.9. The van der Waals surface area contributed by atoms with Crippen molar-refractivity contribution in [2.75, 3.05) is 6.54 Å². The number of amides is 1. The molecule has 1 rings (SSSR count). The van der Waals surface area contributed by atoms with E-state index < -0.39 is 5.60 Å². The van der Waals surface area contributed by atoms with E-state index in [1.165, 1.54) is 6.42 Å². The number of hydrogen-bond donors (Lipinski definition) is 2. The van der Waals surface area contributed by atoms with Crippen LogP contribution in [0.4, 0.5) is 4.79 Å². The summed E-state index contributed by atoms with van der Waals surface area (Å²) in [6, 6.07) is 0.333. The van der Waals surface area contributed by atoms with E-state index in [4.69, 9.17) is 4.74 Å². The SMILES string of the molecule is CC(C)(C)OC(=O)NC(C)(C)C1CCCN1. The van der Waals surface area contributed by atoms with Gasteiger partial charge in [0.1, 0.15) is 5.60 Å². The summed E-state index contributed by atoms with van der Waals surface area (Å²) in [5, 5.41) is 6.33. The van der Waals surface area contributed by atoms with Crippen LogP contribution in [0, 0.1) is 0 Å². The zero-order valence-corrected chi connectivity index (χ0v) is 11.0. The minimum atomic E-state index is -0.441. The number of carbonyl (C=O) groups excluding carboxylic acids is 1. The fourth-order valence-electron chi connectivity index (χ4n) is 1.95. The van der Waals surface area contributed by atoms with Gasteiger partial charge >= 0.3 is 6.09 Å². The van der Waals surface area contributed by atoms with Crippen molar-refractivity contribution in [1.82, 2.24) is 10.6 Å². The molecule has 16 heavy (non-hydrogen) atoms. The topological polar surface area (TPSA) is 50.4 Å². The van der Waals surface area contributed by atoms with Gasteiger partial charge in [-0.15, -0.1) is 0 Å². The Labute approximate surface area is 98.1 Å². The van der Waals surface area contributed by atoms with E-state index >= 15 is 0 Å². The zero-order chi connectivity index (χ0) is 12.4. The third kappa shape index (κ3) is 4.00. The Morgan fingerprint density at radius 1 is 1.31 bits per heavy atom. The quantitative estimate of drug-likeness (QED) is 0.760. The van der Waals surface area contributed by atoms with Crippen LogP contribution in [0.5, 0.6) is 0 Å². The Bertz CT molecular complexity index is 250. The third-order valence-corrected chi connectivity index (χ3v) is 2.75. The van der Waals surface area contributed by atoms with Crippen molar-refractivity contribution in [3.8, 4) is 0 Å². The van der Waals surface area contributed by atoms with Gasteiger partial charge in [0.15, 0.2) is 0 Å². The highest BCUT2D eigenvalue weighted by atomic mass is 16.6. The first-order valence-electron chi connectivity index (χ1n) is 5.95. The minimum absolute atomic E-state index is 0.265. The summed E-state index contributed by atoms with van der Waals surface area (Å²) >= 11 is 0. The number of hydrogen-bond acceptors (Lipinski definition) is 3. The van der Waals surface area contributed by atoms with Crippen LogP contribution in [0.15, 0.2) is 0 Å². The van der Waals surface area contributed by atoms with Crippen LogP contribution in [-0.4, -0.2) is 29.8 Å². The Morgan fingerprint density at radius 2 is 1.94 bits per heavy atom. The van der Waals surface area contributed by atoms with E-state index in [9.17, 15) is 4.79 Å². The van der Waals surface area contributed by atoms with Gasteiger partial charge in [-0.1, -0.05) is 0 Å². The van der Waals surface area contributed by atoms with Crippen molar-refractivity contribution in [3.05, 3.63) is 0 Å². The number of carbonyl (C=O) groups is 1. The smallest absolute Gasteiger partial charge is 0.408 e. The lowest BCUT2D eigenvalue weighted by Crippen LogP contribution is -2.56. The van der Waals surface area contributed by atoms with Crippen LogP contribution < -0.4 is 10.6 Å². The van der Waals surface area contributed by atoms with Gasteiger partial charge in [0, 0.05) is 6.04 Å². The van der Waals surface area contributed by atoms with Gasteiger partial charge in [-0.2, -0.15) is 0 Å². The van der Waals surface area contributed by atoms with Crippen LogP contribution in [-0.2, 0) is 4.74 Å². The summed E-state index contributed by atoms with van der Waals surface area (Å²) in [4.78, 5) is 11.7. The third-order valence-electron chi connectivity index (χ3n) is 2.75. The van der Waals surface area contributed by atoms with E-state index in [0.717, 1.165) is 13.0 Å². The van der Waals surface area contributed by atoms with E-state index in [-0.39, 0.29) is 11.6 Å². The summed E-state index contributed by atoms with van der Waals surface area (Å²) < 4.78 is 5.26. The molecule has 1 aliphatic rings. The fourth-order valence-corrected chi connectivity index (χ4v) is 1.95. The van der Waals surface area contributed by atoms with Gasteiger partial charge in [-0.05, 0) is 54.0 Å². The molecule has 0 spiro atoms. The van der Waals surface area contributed by atoms with Crippen LogP contribution in [0.25, 0.3) is 0 Å². The van der Waals surface area contributed by atoms with Gasteiger partial charge in [-0.25, -0.2) is 4.79 Å². The lowest BCUT2D eigenvalue weighted by atomic mass is 9.93. The lowest BCUT2D eigenvalue weighted by molar-refractivity contribution is 0.0454. The summed E-state index contributed by atoms with van der Waals surface area (Å²) in [7, 11) is 0. The second-order valence-electron chi connectivity index (χ2n) is 6.00. The number of nitrogens with one attached hydrogen (secondary N) is 2. The molecule has 2 N–H and O–H groups in total. The molecule has 0 aromatic carbocycles. The van der Waals surface area contributed by atoms with Crippen LogP contribution >= 0.6 is 0 Å². The highest BCUT2D eigenvalue weighted by molar-refractivity contribution is 5.68. The maximum atomic E-state index is 11.7. The minimum Gasteiger partial charge on any atom is -0.444 e. The molecular formula is C12H24N2O2. The molecule has 0 aromatic heterocycles. The molecule has 1 saturated heterocycles. The Balaban J connectivity index is 2.48. The molecule has 1 aliphatic heterocycles. The maximum Gasteiger partial charge on any atom is 0.408 e. The molecule has 0 bridgehead atoms. The fraction of sp³-hybridized carbons (Fsp3) is 0.917. The molecule has 0 aliphatic carbocycles. The predicted molar refractivity (Wildman–Crippen MR) is 64.5 cm³/mol. The molecule has 1 heterocycles. The average Bonchev–Trinajstić information content (AvgIpc) is 2.49. The molecule has 94 valence electrons. The van der Waals surface area contributed by atoms with Crippen molar-refractivity contribution in [2.45, 2.75) is 64.6 Å². The standard InChI is InChI=1S/C12H24N2O2/c1-11(2,3)16-10(15)14-12(4,5)9-7-6-8-13-9/h9,13H,6-8H2,1-5H3,(H,14,15). The van der Waals surface area contributed by atoms with Crippen molar-refractivity contribution < 1.29 is 9.53 Å². The van der Waals surface area contributed by atoms with Crippen molar-refractivity contribution in [3.63, 3.8) is 0 Å². The molecule has 1 unspecified atom stereocenters. The highest BCUT2D eigenvalue weighted by Crippen LogP contribution is 2.19. The van der Waals surface area contributed by atoms with Crippen LogP contribution in [0.3, 0.4) is 0 Å². The molecule has 0 radical (unpaired) electrons. The molecular weight excluding hydrogens is 204 g/mol. The Morgan fingerprint density at radius 3 is 2.38 bits per heavy atom. The van der Waals surface area contributed by atoms with Crippen molar-refractivity contribution >= 4 is 6.09 Å². The molecule has 0 aromatic rings. The zero-order valence-electron chi connectivity index (χ0n) is 11.0. The first-order valence-corrected chi connectivity index (χ1v) is 5.95. The van der Waals surface area contributed by atoms with Crippen molar-refractivity contribution in [2.24, 2.45) is 0 Å². The Hall–Kier alpha value is -0.770. The van der Waals surface area contributed by atoms with Gasteiger partial charge in [0.25, 0.3) is 0 Å². The Kier molecular flexibility index (Phi) is 3.84. The molecule has 1 amide bonds. The lowest BCUT2D eigenvalue weighted by Gasteiger charge is -2.33. The second kappa shape index (κ2) is 4.62. The van der Waals surface area contributed by atoms with E-state index in [0.29, 0.717) is 6.04 Å². The molecule has 4 heteroatoms. The number of ether oxygens (including phenoxy) is 1. The van der Waals surface area contributed by atoms with Gasteiger partial charge in [-0.3, -0.25) is 0 Å². The predicted octanol–water partition coefficient (Wildman–Crippen LogP) is 2.04. The van der Waals surface area contributed by atoms with Crippen LogP contribution in [0.2, 0.25) is 0 Å². The van der Waals surface area contributed by atoms with E-state index in [2.05, 4.69) is 10.6 Å². The van der Waals surface area contributed by atoms with E-state index in [1.807, 2.05) is 34.6 Å². The summed E-state index contributed by atoms with van der Waals surface area (Å²) in [6.07, 6.45) is 1.93. The monoisotopic (exact) mass is 228 g/mol. The van der Waals surface area contributed by atoms with E-state index in [1.54, 1.807) is 0 Å². The van der Waals surface area contributed by atoms with Gasteiger partial charge in [0.05, 0.1) is 5.54 Å². The molecule has 1 atom stereocenters. The first-order chi connectivity index (χ1) is 7.21. The average molecular weight is 228 g/mol. The summed E-state index contributed by atoms with van der Waals surface area (Å²) in [5.74, 6) is 0. The summed E-state index contributed by atoms with van der Waals surface area (Å²) in [6.45, 7) is 10.7. The van der Waals surface area contributed by atoms with Crippen LogP contribution in [0.1, 0.15) is 47.5 Å². The largest absolute Gasteiger partial charge is 0.444 e. The highest BCUT2D eigenvalue weighted by Gasteiger charge is 2.34. The molecule has 4 nitrogen and oxygen atoms in total. The number of alkyl carbamates (subject to hydrolysis) is 1. The first kappa shape index (κ1) is 13.3. The van der Waals surface area contributed by atoms with Gasteiger partial charge in [0.2, 0.25) is 0 Å². The number of rotatable bonds is 2. The second-order valence-corrected chi connectivity index (χ2v) is 6.00. The molecule has 1 fully saturated rings. The van der Waals surface area contributed by atoms with Gasteiger partial charge < -0.3 is 15.4 Å². The summed E-state index contributed by atoms with van der Waals surface area (Å²) in [5.41, 5.74) is -0.706. The van der Waals surface area contributed by atoms with Crippen molar-refractivity contribution in [1.29, 1.82) is 0 Å². The molecule has 0 saturated carbocycles.